The summed E-state index contributed by atoms with van der Waals surface area (Å²) >= 11 is 1.74. The van der Waals surface area contributed by atoms with Crippen molar-refractivity contribution in [2.24, 2.45) is 5.92 Å². The number of nitrogens with zero attached hydrogens (tertiary/aromatic N) is 1. The van der Waals surface area contributed by atoms with Crippen molar-refractivity contribution >= 4 is 17.2 Å². The summed E-state index contributed by atoms with van der Waals surface area (Å²) in [7, 11) is 0. The number of nitrogens with one attached hydrogen (secondary N) is 1. The Morgan fingerprint density at radius 3 is 2.84 bits per heavy atom. The van der Waals surface area contributed by atoms with E-state index in [1.165, 1.54) is 24.1 Å². The molecule has 19 heavy (non-hydrogen) atoms. The van der Waals surface area contributed by atoms with Gasteiger partial charge in [-0.2, -0.15) is 0 Å². The summed E-state index contributed by atoms with van der Waals surface area (Å²) in [6.07, 6.45) is 4.75. The second-order valence-corrected chi connectivity index (χ2v) is 6.76. The molecule has 2 fully saturated rings. The molecule has 1 saturated carbocycles. The second-order valence-electron chi connectivity index (χ2n) is 5.78. The molecule has 2 heterocycles. The van der Waals surface area contributed by atoms with Gasteiger partial charge in [-0.1, -0.05) is 26.3 Å². The van der Waals surface area contributed by atoms with Crippen LogP contribution in [0.3, 0.4) is 0 Å². The van der Waals surface area contributed by atoms with Crippen molar-refractivity contribution in [1.29, 1.82) is 0 Å². The number of thiophene rings is 1. The smallest absolute Gasteiger partial charge is 0.241 e. The fourth-order valence-corrected chi connectivity index (χ4v) is 3.76. The molecule has 1 aromatic rings. The number of amides is 1. The summed E-state index contributed by atoms with van der Waals surface area (Å²) < 4.78 is 0. The van der Waals surface area contributed by atoms with Crippen LogP contribution in [0.25, 0.3) is 0 Å². The van der Waals surface area contributed by atoms with Crippen molar-refractivity contribution in [2.75, 3.05) is 0 Å². The molecule has 1 amide bonds. The Balaban J connectivity index is 1.86. The zero-order valence-electron chi connectivity index (χ0n) is 11.6. The molecule has 3 rings (SSSR count). The molecule has 3 unspecified atom stereocenters. The Hall–Kier alpha value is -0.870. The van der Waals surface area contributed by atoms with Gasteiger partial charge < -0.3 is 4.90 Å². The summed E-state index contributed by atoms with van der Waals surface area (Å²) in [5.74, 6) is 0.720. The predicted molar refractivity (Wildman–Crippen MR) is 77.9 cm³/mol. The third-order valence-electron chi connectivity index (χ3n) is 4.63. The SMILES string of the molecule is CCC(C)C1NC(c2cccs2)N(C2CCC2)C1=O. The summed E-state index contributed by atoms with van der Waals surface area (Å²) in [6, 6.07) is 4.67. The summed E-state index contributed by atoms with van der Waals surface area (Å²) in [5.41, 5.74) is 0. The van der Waals surface area contributed by atoms with E-state index in [2.05, 4.69) is 41.6 Å². The quantitative estimate of drug-likeness (QED) is 0.917. The van der Waals surface area contributed by atoms with Gasteiger partial charge in [-0.3, -0.25) is 10.1 Å². The van der Waals surface area contributed by atoms with Crippen molar-refractivity contribution in [3.05, 3.63) is 22.4 Å². The molecule has 1 aliphatic heterocycles. The van der Waals surface area contributed by atoms with Crippen LogP contribution >= 0.6 is 11.3 Å². The van der Waals surface area contributed by atoms with Gasteiger partial charge in [-0.15, -0.1) is 11.3 Å². The third-order valence-corrected chi connectivity index (χ3v) is 5.55. The average molecular weight is 278 g/mol. The fourth-order valence-electron chi connectivity index (χ4n) is 2.97. The number of carbonyl (C=O) groups is 1. The number of hydrogen-bond acceptors (Lipinski definition) is 3. The molecule has 0 bridgehead atoms. The molecule has 2 aliphatic rings. The summed E-state index contributed by atoms with van der Waals surface area (Å²) in [4.78, 5) is 16.1. The van der Waals surface area contributed by atoms with Crippen LogP contribution in [0.1, 0.15) is 50.6 Å². The molecule has 3 nitrogen and oxygen atoms in total. The largest absolute Gasteiger partial charge is 0.318 e. The minimum atomic E-state index is -0.00213. The highest BCUT2D eigenvalue weighted by Gasteiger charge is 2.46. The molecule has 1 aliphatic carbocycles. The molecule has 0 spiro atoms. The first-order chi connectivity index (χ1) is 9.22. The van der Waals surface area contributed by atoms with Crippen LogP contribution < -0.4 is 5.32 Å². The Bertz CT molecular complexity index is 441. The molecule has 1 aromatic heterocycles. The van der Waals surface area contributed by atoms with Crippen molar-refractivity contribution in [3.63, 3.8) is 0 Å². The van der Waals surface area contributed by atoms with Gasteiger partial charge in [0.2, 0.25) is 5.91 Å². The van der Waals surface area contributed by atoms with Gasteiger partial charge in [0.1, 0.15) is 6.17 Å². The van der Waals surface area contributed by atoms with Gasteiger partial charge in [0.25, 0.3) is 0 Å². The van der Waals surface area contributed by atoms with Crippen molar-refractivity contribution in [1.82, 2.24) is 10.2 Å². The van der Waals surface area contributed by atoms with Gasteiger partial charge >= 0.3 is 0 Å². The second kappa shape index (κ2) is 5.25. The Morgan fingerprint density at radius 1 is 1.53 bits per heavy atom. The lowest BCUT2D eigenvalue weighted by Crippen LogP contribution is -2.44. The molecule has 3 atom stereocenters. The maximum absolute atomic E-state index is 12.7. The van der Waals surface area contributed by atoms with E-state index >= 15 is 0 Å². The van der Waals surface area contributed by atoms with E-state index in [-0.39, 0.29) is 12.2 Å². The van der Waals surface area contributed by atoms with E-state index < -0.39 is 0 Å². The first-order valence-corrected chi connectivity index (χ1v) is 8.22. The lowest BCUT2D eigenvalue weighted by atomic mass is 9.90. The Labute approximate surface area is 119 Å². The average Bonchev–Trinajstić information content (AvgIpc) is 2.96. The monoisotopic (exact) mass is 278 g/mol. The van der Waals surface area contributed by atoms with E-state index in [1.54, 1.807) is 11.3 Å². The van der Waals surface area contributed by atoms with Crippen LogP contribution in [-0.4, -0.2) is 22.9 Å². The van der Waals surface area contributed by atoms with Crippen molar-refractivity contribution in [3.8, 4) is 0 Å². The maximum atomic E-state index is 12.7. The highest BCUT2D eigenvalue weighted by molar-refractivity contribution is 7.10. The van der Waals surface area contributed by atoms with Gasteiger partial charge in [0.15, 0.2) is 0 Å². The molecule has 1 saturated heterocycles. The first-order valence-electron chi connectivity index (χ1n) is 7.34. The minimum Gasteiger partial charge on any atom is -0.318 e. The van der Waals surface area contributed by atoms with Crippen LogP contribution in [-0.2, 0) is 4.79 Å². The molecule has 0 aromatic carbocycles. The van der Waals surface area contributed by atoms with Crippen LogP contribution in [0.4, 0.5) is 0 Å². The standard InChI is InChI=1S/C15H22N2OS/c1-3-10(2)13-15(18)17(11-6-4-7-11)14(16-13)12-8-5-9-19-12/h5,8-11,13-14,16H,3-4,6-7H2,1-2H3. The molecule has 1 N–H and O–H groups in total. The molecule has 0 radical (unpaired) electrons. The zero-order chi connectivity index (χ0) is 13.4. The number of carbonyl (C=O) groups excluding carboxylic acids is 1. The van der Waals surface area contributed by atoms with Crippen molar-refractivity contribution in [2.45, 2.75) is 57.8 Å². The van der Waals surface area contributed by atoms with E-state index in [4.69, 9.17) is 0 Å². The molecular weight excluding hydrogens is 256 g/mol. The number of hydrogen-bond donors (Lipinski definition) is 1. The van der Waals surface area contributed by atoms with E-state index in [9.17, 15) is 4.79 Å². The van der Waals surface area contributed by atoms with Crippen LogP contribution in [0.15, 0.2) is 17.5 Å². The maximum Gasteiger partial charge on any atom is 0.241 e. The topological polar surface area (TPSA) is 32.3 Å². The fraction of sp³-hybridized carbons (Fsp3) is 0.667. The Morgan fingerprint density at radius 2 is 2.32 bits per heavy atom. The molecule has 104 valence electrons. The van der Waals surface area contributed by atoms with E-state index in [0.717, 1.165) is 6.42 Å². The molecular formula is C15H22N2OS. The third kappa shape index (κ3) is 2.21. The van der Waals surface area contributed by atoms with Crippen molar-refractivity contribution < 1.29 is 4.79 Å². The summed E-state index contributed by atoms with van der Waals surface area (Å²) in [5, 5.41) is 5.67. The van der Waals surface area contributed by atoms with Gasteiger partial charge in [-0.25, -0.2) is 0 Å². The lowest BCUT2D eigenvalue weighted by Gasteiger charge is -2.38. The van der Waals surface area contributed by atoms with E-state index in [0.29, 0.717) is 17.9 Å². The van der Waals surface area contributed by atoms with E-state index in [1.807, 2.05) is 0 Å². The predicted octanol–water partition coefficient (Wildman–Crippen LogP) is 3.15. The highest BCUT2D eigenvalue weighted by Crippen LogP contribution is 2.38. The van der Waals surface area contributed by atoms with Gasteiger partial charge in [0, 0.05) is 10.9 Å². The normalized spacial score (nSPS) is 29.6. The lowest BCUT2D eigenvalue weighted by molar-refractivity contribution is -0.134. The highest BCUT2D eigenvalue weighted by atomic mass is 32.1. The van der Waals surface area contributed by atoms with Crippen LogP contribution in [0, 0.1) is 5.92 Å². The van der Waals surface area contributed by atoms with Gasteiger partial charge in [-0.05, 0) is 36.6 Å². The summed E-state index contributed by atoms with van der Waals surface area (Å²) in [6.45, 7) is 4.33. The first kappa shape index (κ1) is 13.1. The zero-order valence-corrected chi connectivity index (χ0v) is 12.5. The van der Waals surface area contributed by atoms with Crippen LogP contribution in [0.2, 0.25) is 0 Å². The van der Waals surface area contributed by atoms with Gasteiger partial charge in [0.05, 0.1) is 6.04 Å². The minimum absolute atomic E-state index is 0.00213. The number of rotatable bonds is 4. The van der Waals surface area contributed by atoms with Crippen LogP contribution in [0.5, 0.6) is 0 Å². The molecule has 4 heteroatoms. The Kier molecular flexibility index (Phi) is 3.63.